The minimum Gasteiger partial charge on any atom is -0.323 e. The van der Waals surface area contributed by atoms with Crippen molar-refractivity contribution in [2.24, 2.45) is 0 Å². The van der Waals surface area contributed by atoms with Crippen LogP contribution in [0.5, 0.6) is 0 Å². The number of amides is 1. The number of anilines is 1. The van der Waals surface area contributed by atoms with E-state index in [0.29, 0.717) is 0 Å². The van der Waals surface area contributed by atoms with Crippen molar-refractivity contribution in [2.45, 2.75) is 13.8 Å². The molecule has 3 aromatic rings. The van der Waals surface area contributed by atoms with Gasteiger partial charge < -0.3 is 9.88 Å². The Balaban J connectivity index is 1.82. The lowest BCUT2D eigenvalue weighted by Crippen LogP contribution is -2.14. The maximum absolute atomic E-state index is 12.5. The quantitative estimate of drug-likeness (QED) is 0.555. The maximum atomic E-state index is 12.5. The Kier molecular flexibility index (Phi) is 5.00. The molecule has 1 aromatic heterocycles. The number of benzene rings is 2. The number of hydrogen-bond donors (Lipinski definition) is 1. The summed E-state index contributed by atoms with van der Waals surface area (Å²) in [4.78, 5) is 12.5. The Morgan fingerprint density at radius 2 is 1.85 bits per heavy atom. The molecule has 0 spiro atoms. The lowest BCUT2D eigenvalue weighted by Gasteiger charge is -2.09. The van der Waals surface area contributed by atoms with Crippen LogP contribution < -0.4 is 5.32 Å². The van der Waals surface area contributed by atoms with Gasteiger partial charge in [0.2, 0.25) is 0 Å². The van der Waals surface area contributed by atoms with Gasteiger partial charge in [-0.15, -0.1) is 0 Å². The summed E-state index contributed by atoms with van der Waals surface area (Å²) in [5, 5.41) is 12.2. The predicted octanol–water partition coefficient (Wildman–Crippen LogP) is 4.64. The van der Waals surface area contributed by atoms with Crippen LogP contribution in [0.25, 0.3) is 11.8 Å². The van der Waals surface area contributed by atoms with Gasteiger partial charge >= 0.3 is 0 Å². The lowest BCUT2D eigenvalue weighted by molar-refractivity contribution is -0.112. The topological polar surface area (TPSA) is 57.8 Å². The van der Waals surface area contributed by atoms with Gasteiger partial charge in [-0.25, -0.2) is 0 Å². The number of carbonyl (C=O) groups excluding carboxylic acids is 1. The summed E-state index contributed by atoms with van der Waals surface area (Å²) in [5.41, 5.74) is 4.68. The summed E-state index contributed by atoms with van der Waals surface area (Å²) in [6, 6.07) is 19.4. The van der Waals surface area contributed by atoms with E-state index in [-0.39, 0.29) is 5.57 Å². The van der Waals surface area contributed by atoms with Crippen LogP contribution in [-0.2, 0) is 4.79 Å². The second kappa shape index (κ2) is 7.54. The second-order valence-corrected chi connectivity index (χ2v) is 6.06. The van der Waals surface area contributed by atoms with Gasteiger partial charge in [0.15, 0.2) is 0 Å². The maximum Gasteiger partial charge on any atom is 0.266 e. The zero-order valence-electron chi connectivity index (χ0n) is 14.7. The summed E-state index contributed by atoms with van der Waals surface area (Å²) in [5.74, 6) is -0.409. The van der Waals surface area contributed by atoms with Crippen molar-refractivity contribution in [3.8, 4) is 11.8 Å². The summed E-state index contributed by atoms with van der Waals surface area (Å²) in [6.45, 7) is 3.93. The number of nitriles is 1. The molecule has 26 heavy (non-hydrogen) atoms. The first kappa shape index (κ1) is 17.2. The van der Waals surface area contributed by atoms with Gasteiger partial charge in [-0.1, -0.05) is 30.3 Å². The van der Waals surface area contributed by atoms with Crippen LogP contribution in [0.1, 0.15) is 16.7 Å². The van der Waals surface area contributed by atoms with Crippen LogP contribution >= 0.6 is 0 Å². The molecule has 1 amide bonds. The standard InChI is InChI=1S/C22H19N3O/c1-16-7-6-10-21(17(16)2)24-22(26)19(14-23)13-18-11-12-25(15-18)20-8-4-3-5-9-20/h3-13,15H,1-2H3,(H,24,26)/b19-13+. The number of carbonyl (C=O) groups is 1. The number of nitrogens with zero attached hydrogens (tertiary/aromatic N) is 2. The largest absolute Gasteiger partial charge is 0.323 e. The van der Waals surface area contributed by atoms with Crippen molar-refractivity contribution in [1.29, 1.82) is 5.26 Å². The Labute approximate surface area is 153 Å². The number of rotatable bonds is 4. The van der Waals surface area contributed by atoms with Crippen molar-refractivity contribution in [3.63, 3.8) is 0 Å². The van der Waals surface area contributed by atoms with E-state index in [1.807, 2.05) is 91.5 Å². The number of nitrogens with one attached hydrogen (secondary N) is 1. The Bertz CT molecular complexity index is 1010. The highest BCUT2D eigenvalue weighted by atomic mass is 16.1. The van der Waals surface area contributed by atoms with E-state index in [4.69, 9.17) is 0 Å². The third-order valence-corrected chi connectivity index (χ3v) is 4.30. The summed E-state index contributed by atoms with van der Waals surface area (Å²) in [7, 11) is 0. The van der Waals surface area contributed by atoms with Crippen LogP contribution in [0.2, 0.25) is 0 Å². The van der Waals surface area contributed by atoms with E-state index in [1.54, 1.807) is 6.08 Å². The number of aromatic nitrogens is 1. The van der Waals surface area contributed by atoms with E-state index in [0.717, 1.165) is 28.1 Å². The molecule has 0 aliphatic carbocycles. The molecule has 0 atom stereocenters. The van der Waals surface area contributed by atoms with Crippen LogP contribution in [0.4, 0.5) is 5.69 Å². The van der Waals surface area contributed by atoms with Crippen molar-refractivity contribution in [3.05, 3.63) is 89.3 Å². The molecule has 0 saturated carbocycles. The van der Waals surface area contributed by atoms with Gasteiger partial charge in [0.25, 0.3) is 5.91 Å². The molecule has 4 nitrogen and oxygen atoms in total. The molecule has 0 radical (unpaired) electrons. The molecule has 0 unspecified atom stereocenters. The Morgan fingerprint density at radius 1 is 1.08 bits per heavy atom. The third kappa shape index (κ3) is 3.73. The van der Waals surface area contributed by atoms with E-state index in [9.17, 15) is 10.1 Å². The average molecular weight is 341 g/mol. The number of para-hydroxylation sites is 1. The monoisotopic (exact) mass is 341 g/mol. The zero-order chi connectivity index (χ0) is 18.5. The average Bonchev–Trinajstić information content (AvgIpc) is 3.13. The molecule has 128 valence electrons. The zero-order valence-corrected chi connectivity index (χ0v) is 14.7. The minimum atomic E-state index is -0.409. The van der Waals surface area contributed by atoms with Crippen molar-refractivity contribution < 1.29 is 4.79 Å². The fourth-order valence-electron chi connectivity index (χ4n) is 2.65. The number of aryl methyl sites for hydroxylation is 1. The first-order chi connectivity index (χ1) is 12.6. The first-order valence-electron chi connectivity index (χ1n) is 8.31. The Hall–Kier alpha value is -3.58. The van der Waals surface area contributed by atoms with Gasteiger partial charge in [-0.2, -0.15) is 5.26 Å². The van der Waals surface area contributed by atoms with Crippen LogP contribution in [0, 0.1) is 25.2 Å². The highest BCUT2D eigenvalue weighted by molar-refractivity contribution is 6.10. The fraction of sp³-hybridized carbons (Fsp3) is 0.0909. The van der Waals surface area contributed by atoms with Gasteiger partial charge in [0.05, 0.1) is 0 Å². The molecule has 1 N–H and O–H groups in total. The molecule has 0 aliphatic rings. The normalized spacial score (nSPS) is 11.0. The molecule has 0 bridgehead atoms. The van der Waals surface area contributed by atoms with Gasteiger partial charge in [0, 0.05) is 23.8 Å². The molecular formula is C22H19N3O. The molecular weight excluding hydrogens is 322 g/mol. The Morgan fingerprint density at radius 3 is 2.58 bits per heavy atom. The molecule has 0 fully saturated rings. The van der Waals surface area contributed by atoms with Gasteiger partial charge in [-0.05, 0) is 60.9 Å². The first-order valence-corrected chi connectivity index (χ1v) is 8.31. The van der Waals surface area contributed by atoms with E-state index < -0.39 is 5.91 Å². The smallest absolute Gasteiger partial charge is 0.266 e. The summed E-state index contributed by atoms with van der Waals surface area (Å²) in [6.07, 6.45) is 5.39. The highest BCUT2D eigenvalue weighted by Gasteiger charge is 2.12. The van der Waals surface area contributed by atoms with E-state index in [1.165, 1.54) is 0 Å². The van der Waals surface area contributed by atoms with Crippen LogP contribution in [0.15, 0.2) is 72.6 Å². The predicted molar refractivity (Wildman–Crippen MR) is 104 cm³/mol. The molecule has 3 rings (SSSR count). The van der Waals surface area contributed by atoms with Crippen molar-refractivity contribution in [1.82, 2.24) is 4.57 Å². The second-order valence-electron chi connectivity index (χ2n) is 6.06. The van der Waals surface area contributed by atoms with Gasteiger partial charge in [-0.3, -0.25) is 4.79 Å². The molecule has 2 aromatic carbocycles. The van der Waals surface area contributed by atoms with E-state index >= 15 is 0 Å². The minimum absolute atomic E-state index is 0.0664. The molecule has 1 heterocycles. The number of hydrogen-bond acceptors (Lipinski definition) is 2. The molecule has 0 aliphatic heterocycles. The summed E-state index contributed by atoms with van der Waals surface area (Å²) < 4.78 is 1.95. The van der Waals surface area contributed by atoms with Crippen molar-refractivity contribution >= 4 is 17.7 Å². The van der Waals surface area contributed by atoms with E-state index in [2.05, 4.69) is 5.32 Å². The van der Waals surface area contributed by atoms with Crippen LogP contribution in [-0.4, -0.2) is 10.5 Å². The summed E-state index contributed by atoms with van der Waals surface area (Å²) >= 11 is 0. The van der Waals surface area contributed by atoms with Gasteiger partial charge in [0.1, 0.15) is 11.6 Å². The molecule has 0 saturated heterocycles. The SMILES string of the molecule is Cc1cccc(NC(=O)/C(C#N)=C/c2ccn(-c3ccccc3)c2)c1C. The third-order valence-electron chi connectivity index (χ3n) is 4.30. The molecule has 4 heteroatoms. The van der Waals surface area contributed by atoms with Crippen LogP contribution in [0.3, 0.4) is 0 Å². The highest BCUT2D eigenvalue weighted by Crippen LogP contribution is 2.19. The fourth-order valence-corrected chi connectivity index (χ4v) is 2.65. The lowest BCUT2D eigenvalue weighted by atomic mass is 10.1. The van der Waals surface area contributed by atoms with Crippen molar-refractivity contribution in [2.75, 3.05) is 5.32 Å².